The lowest BCUT2D eigenvalue weighted by atomic mass is 10.1. The van der Waals surface area contributed by atoms with E-state index >= 15 is 0 Å². The monoisotopic (exact) mass is 350 g/mol. The molecule has 0 radical (unpaired) electrons. The highest BCUT2D eigenvalue weighted by molar-refractivity contribution is 5.91. The summed E-state index contributed by atoms with van der Waals surface area (Å²) in [6, 6.07) is 5.11. The topological polar surface area (TPSA) is 78.9 Å². The minimum Gasteiger partial charge on any atom is -0.478 e. The first-order valence-corrected chi connectivity index (χ1v) is 8.40. The average Bonchev–Trinajstić information content (AvgIpc) is 2.41. The molecule has 1 rings (SSSR count). The third kappa shape index (κ3) is 6.29. The molecule has 0 heterocycles. The first-order chi connectivity index (χ1) is 11.3. The molecule has 0 atom stereocenters. The Balaban J connectivity index is 2.81. The molecule has 0 bridgehead atoms. The van der Waals surface area contributed by atoms with E-state index in [9.17, 15) is 14.7 Å². The Morgan fingerprint density at radius 3 is 2.24 bits per heavy atom. The summed E-state index contributed by atoms with van der Waals surface area (Å²) in [4.78, 5) is 25.3. The molecule has 1 amide bonds. The molecule has 6 heteroatoms. The molecule has 0 aromatic heterocycles. The van der Waals surface area contributed by atoms with Crippen molar-refractivity contribution in [2.75, 3.05) is 18.4 Å². The van der Waals surface area contributed by atoms with Crippen LogP contribution < -0.4 is 5.32 Å². The van der Waals surface area contributed by atoms with E-state index in [-0.39, 0.29) is 17.2 Å². The maximum atomic E-state index is 12.5. The standard InChI is InChI=1S/C19H30N2O4/c1-13-14(16(22)23)9-8-10-15(13)20-11-12-21(18(2,3)4)17(24)25-19(5,6)7/h8-10,20H,11-12H2,1-7H3,(H,22,23). The van der Waals surface area contributed by atoms with Crippen LogP contribution >= 0.6 is 0 Å². The summed E-state index contributed by atoms with van der Waals surface area (Å²) >= 11 is 0. The van der Waals surface area contributed by atoms with Crippen molar-refractivity contribution < 1.29 is 19.4 Å². The molecular weight excluding hydrogens is 320 g/mol. The number of rotatable bonds is 5. The van der Waals surface area contributed by atoms with Gasteiger partial charge in [-0.1, -0.05) is 6.07 Å². The lowest BCUT2D eigenvalue weighted by molar-refractivity contribution is 0.00747. The predicted molar refractivity (Wildman–Crippen MR) is 99.3 cm³/mol. The summed E-state index contributed by atoms with van der Waals surface area (Å²) in [6.07, 6.45) is -0.363. The largest absolute Gasteiger partial charge is 0.478 e. The minimum absolute atomic E-state index is 0.268. The van der Waals surface area contributed by atoms with E-state index in [2.05, 4.69) is 5.32 Å². The van der Waals surface area contributed by atoms with Gasteiger partial charge in [-0.25, -0.2) is 9.59 Å². The quantitative estimate of drug-likeness (QED) is 0.834. The first-order valence-electron chi connectivity index (χ1n) is 8.40. The van der Waals surface area contributed by atoms with Crippen LogP contribution in [0.5, 0.6) is 0 Å². The Morgan fingerprint density at radius 1 is 1.16 bits per heavy atom. The number of aromatic carboxylic acids is 1. The van der Waals surface area contributed by atoms with Crippen molar-refractivity contribution in [3.05, 3.63) is 29.3 Å². The smallest absolute Gasteiger partial charge is 0.410 e. The molecule has 0 unspecified atom stereocenters. The van der Waals surface area contributed by atoms with Gasteiger partial charge in [0.05, 0.1) is 5.56 Å². The zero-order valence-electron chi connectivity index (χ0n) is 16.3. The van der Waals surface area contributed by atoms with Crippen molar-refractivity contribution in [3.63, 3.8) is 0 Å². The molecule has 2 N–H and O–H groups in total. The number of hydrogen-bond donors (Lipinski definition) is 2. The van der Waals surface area contributed by atoms with Crippen LogP contribution in [0.3, 0.4) is 0 Å². The zero-order chi connectivity index (χ0) is 19.4. The van der Waals surface area contributed by atoms with Gasteiger partial charge in [0.1, 0.15) is 5.60 Å². The fraction of sp³-hybridized carbons (Fsp3) is 0.579. The first kappa shape index (κ1) is 20.8. The number of nitrogens with zero attached hydrogens (tertiary/aromatic N) is 1. The normalized spacial score (nSPS) is 11.8. The highest BCUT2D eigenvalue weighted by Gasteiger charge is 2.30. The Hall–Kier alpha value is -2.24. The van der Waals surface area contributed by atoms with Gasteiger partial charge in [-0.05, 0) is 66.2 Å². The molecule has 0 saturated carbocycles. The van der Waals surface area contributed by atoms with Crippen LogP contribution in [0, 0.1) is 6.92 Å². The Kier molecular flexibility index (Phi) is 6.46. The van der Waals surface area contributed by atoms with Crippen LogP contribution in [0.1, 0.15) is 57.5 Å². The zero-order valence-corrected chi connectivity index (χ0v) is 16.3. The molecule has 1 aromatic carbocycles. The van der Waals surface area contributed by atoms with E-state index in [1.807, 2.05) is 47.6 Å². The number of carbonyl (C=O) groups excluding carboxylic acids is 1. The van der Waals surface area contributed by atoms with E-state index in [1.54, 1.807) is 24.0 Å². The maximum absolute atomic E-state index is 12.5. The highest BCUT2D eigenvalue weighted by atomic mass is 16.6. The van der Waals surface area contributed by atoms with Crippen LogP contribution in [-0.2, 0) is 4.74 Å². The van der Waals surface area contributed by atoms with Crippen LogP contribution in [0.2, 0.25) is 0 Å². The van der Waals surface area contributed by atoms with E-state index in [0.717, 1.165) is 5.69 Å². The van der Waals surface area contributed by atoms with E-state index < -0.39 is 11.6 Å². The van der Waals surface area contributed by atoms with Crippen molar-refractivity contribution in [2.24, 2.45) is 0 Å². The number of anilines is 1. The highest BCUT2D eigenvalue weighted by Crippen LogP contribution is 2.20. The lowest BCUT2D eigenvalue weighted by Gasteiger charge is -2.37. The number of carbonyl (C=O) groups is 2. The summed E-state index contributed by atoms with van der Waals surface area (Å²) in [5.41, 5.74) is 0.750. The van der Waals surface area contributed by atoms with Gasteiger partial charge in [0.2, 0.25) is 0 Å². The molecule has 140 valence electrons. The fourth-order valence-corrected chi connectivity index (χ4v) is 2.38. The summed E-state index contributed by atoms with van der Waals surface area (Å²) in [7, 11) is 0. The number of ether oxygens (including phenoxy) is 1. The molecule has 6 nitrogen and oxygen atoms in total. The molecule has 0 spiro atoms. The summed E-state index contributed by atoms with van der Waals surface area (Å²) in [5.74, 6) is -0.953. The van der Waals surface area contributed by atoms with E-state index in [0.29, 0.717) is 18.7 Å². The molecular formula is C19H30N2O4. The lowest BCUT2D eigenvalue weighted by Crippen LogP contribution is -2.49. The van der Waals surface area contributed by atoms with Gasteiger partial charge in [0, 0.05) is 24.3 Å². The molecule has 1 aromatic rings. The predicted octanol–water partition coefficient (Wildman–Crippen LogP) is 4.14. The van der Waals surface area contributed by atoms with Gasteiger partial charge in [0.25, 0.3) is 0 Å². The number of nitrogens with one attached hydrogen (secondary N) is 1. The van der Waals surface area contributed by atoms with Crippen LogP contribution in [0.25, 0.3) is 0 Å². The van der Waals surface area contributed by atoms with Crippen LogP contribution in [-0.4, -0.2) is 46.3 Å². The van der Waals surface area contributed by atoms with Crippen molar-refractivity contribution in [1.82, 2.24) is 4.90 Å². The Bertz CT molecular complexity index is 627. The Labute approximate surface area is 150 Å². The summed E-state index contributed by atoms with van der Waals surface area (Å²) < 4.78 is 5.48. The second-order valence-electron chi connectivity index (χ2n) is 8.01. The minimum atomic E-state index is -0.953. The van der Waals surface area contributed by atoms with Gasteiger partial charge in [-0.3, -0.25) is 0 Å². The van der Waals surface area contributed by atoms with Gasteiger partial charge in [0.15, 0.2) is 0 Å². The number of hydrogen-bond acceptors (Lipinski definition) is 4. The van der Waals surface area contributed by atoms with Gasteiger partial charge in [-0.15, -0.1) is 0 Å². The summed E-state index contributed by atoms with van der Waals surface area (Å²) in [5, 5.41) is 12.4. The van der Waals surface area contributed by atoms with E-state index in [4.69, 9.17) is 4.74 Å². The Morgan fingerprint density at radius 2 is 1.76 bits per heavy atom. The molecule has 25 heavy (non-hydrogen) atoms. The molecule has 0 aliphatic rings. The third-order valence-electron chi connectivity index (χ3n) is 3.64. The molecule has 0 fully saturated rings. The second kappa shape index (κ2) is 7.76. The second-order valence-corrected chi connectivity index (χ2v) is 8.01. The molecule has 0 aliphatic heterocycles. The maximum Gasteiger partial charge on any atom is 0.410 e. The van der Waals surface area contributed by atoms with Crippen molar-refractivity contribution in [1.29, 1.82) is 0 Å². The number of carboxylic acid groups (broad SMARTS) is 1. The van der Waals surface area contributed by atoms with E-state index in [1.165, 1.54) is 0 Å². The SMILES string of the molecule is Cc1c(NCCN(C(=O)OC(C)(C)C)C(C)(C)C)cccc1C(=O)O. The van der Waals surface area contributed by atoms with Crippen molar-refractivity contribution in [2.45, 2.75) is 59.6 Å². The van der Waals surface area contributed by atoms with Crippen LogP contribution in [0.4, 0.5) is 10.5 Å². The molecule has 0 aliphatic carbocycles. The number of carboxylic acids is 1. The van der Waals surface area contributed by atoms with Crippen molar-refractivity contribution in [3.8, 4) is 0 Å². The molecule has 0 saturated heterocycles. The van der Waals surface area contributed by atoms with Gasteiger partial charge in [-0.2, -0.15) is 0 Å². The fourth-order valence-electron chi connectivity index (χ4n) is 2.38. The number of benzene rings is 1. The third-order valence-corrected chi connectivity index (χ3v) is 3.64. The number of amides is 1. The van der Waals surface area contributed by atoms with Crippen molar-refractivity contribution >= 4 is 17.7 Å². The summed E-state index contributed by atoms with van der Waals surface area (Å²) in [6.45, 7) is 14.1. The van der Waals surface area contributed by atoms with Gasteiger partial charge < -0.3 is 20.1 Å². The average molecular weight is 350 g/mol. The van der Waals surface area contributed by atoms with Gasteiger partial charge >= 0.3 is 12.1 Å². The van der Waals surface area contributed by atoms with Crippen LogP contribution in [0.15, 0.2) is 18.2 Å².